The summed E-state index contributed by atoms with van der Waals surface area (Å²) in [5.41, 5.74) is 1.12. The molecule has 2 rings (SSSR count). The maximum atomic E-state index is 4.65. The normalized spacial score (nSPS) is 10.6. The van der Waals surface area contributed by atoms with E-state index in [4.69, 9.17) is 0 Å². The van der Waals surface area contributed by atoms with E-state index < -0.39 is 0 Å². The Kier molecular flexibility index (Phi) is 4.31. The van der Waals surface area contributed by atoms with Crippen LogP contribution in [-0.4, -0.2) is 16.5 Å². The van der Waals surface area contributed by atoms with Gasteiger partial charge in [-0.15, -0.1) is 11.3 Å². The zero-order chi connectivity index (χ0) is 13.0. The van der Waals surface area contributed by atoms with E-state index >= 15 is 0 Å². The van der Waals surface area contributed by atoms with Crippen LogP contribution < -0.4 is 5.32 Å². The Hall–Kier alpha value is -1.42. The van der Waals surface area contributed by atoms with Crippen LogP contribution in [0.2, 0.25) is 0 Å². The van der Waals surface area contributed by atoms with Gasteiger partial charge in [0.15, 0.2) is 5.82 Å². The minimum Gasteiger partial charge on any atom is -0.370 e. The molecule has 0 saturated heterocycles. The highest BCUT2D eigenvalue weighted by Crippen LogP contribution is 2.26. The molecule has 0 saturated carbocycles. The fraction of sp³-hybridized carbons (Fsp3) is 0.429. The number of nitrogens with zero attached hydrogens (tertiary/aromatic N) is 2. The summed E-state index contributed by atoms with van der Waals surface area (Å²) < 4.78 is 0. The molecule has 0 aromatic carbocycles. The van der Waals surface area contributed by atoms with E-state index in [0.29, 0.717) is 0 Å². The first-order chi connectivity index (χ1) is 8.72. The fourth-order valence-electron chi connectivity index (χ4n) is 1.82. The summed E-state index contributed by atoms with van der Waals surface area (Å²) in [4.78, 5) is 11.7. The first-order valence-electron chi connectivity index (χ1n) is 6.41. The number of aryl methyl sites for hydroxylation is 2. The van der Waals surface area contributed by atoms with Gasteiger partial charge in [-0.3, -0.25) is 0 Å². The molecule has 4 heteroatoms. The van der Waals surface area contributed by atoms with Crippen molar-refractivity contribution in [2.45, 2.75) is 33.6 Å². The summed E-state index contributed by atoms with van der Waals surface area (Å²) >= 11 is 1.74. The third kappa shape index (κ3) is 3.07. The zero-order valence-corrected chi connectivity index (χ0v) is 12.0. The summed E-state index contributed by atoms with van der Waals surface area (Å²) in [5.74, 6) is 1.77. The lowest BCUT2D eigenvalue weighted by molar-refractivity contribution is 0.875. The summed E-state index contributed by atoms with van der Waals surface area (Å²) in [6, 6.07) is 6.26. The van der Waals surface area contributed by atoms with Crippen LogP contribution in [0.5, 0.6) is 0 Å². The molecule has 0 aliphatic rings. The van der Waals surface area contributed by atoms with Gasteiger partial charge in [-0.25, -0.2) is 9.97 Å². The third-order valence-corrected chi connectivity index (χ3v) is 3.60. The van der Waals surface area contributed by atoms with Crippen molar-refractivity contribution in [3.8, 4) is 10.7 Å². The molecule has 0 aliphatic carbocycles. The maximum Gasteiger partial charge on any atom is 0.171 e. The van der Waals surface area contributed by atoms with Crippen LogP contribution in [0.25, 0.3) is 10.7 Å². The lowest BCUT2D eigenvalue weighted by atomic mass is 10.2. The molecule has 0 radical (unpaired) electrons. The Morgan fingerprint density at radius 3 is 2.67 bits per heavy atom. The van der Waals surface area contributed by atoms with Crippen LogP contribution in [0.1, 0.15) is 30.8 Å². The summed E-state index contributed by atoms with van der Waals surface area (Å²) in [5, 5.41) is 3.28. The van der Waals surface area contributed by atoms with Crippen molar-refractivity contribution in [2.24, 2.45) is 0 Å². The van der Waals surface area contributed by atoms with Crippen molar-refractivity contribution in [1.29, 1.82) is 0 Å². The summed E-state index contributed by atoms with van der Waals surface area (Å²) in [6.45, 7) is 7.24. The number of hydrogen-bond acceptors (Lipinski definition) is 4. The van der Waals surface area contributed by atoms with Gasteiger partial charge in [0.1, 0.15) is 5.82 Å². The molecule has 2 heterocycles. The van der Waals surface area contributed by atoms with Crippen molar-refractivity contribution in [2.75, 3.05) is 11.9 Å². The Bertz CT molecular complexity index is 495. The Balaban J connectivity index is 2.39. The number of hydrogen-bond donors (Lipinski definition) is 1. The van der Waals surface area contributed by atoms with E-state index in [9.17, 15) is 0 Å². The first kappa shape index (κ1) is 13.0. The van der Waals surface area contributed by atoms with Crippen LogP contribution >= 0.6 is 11.3 Å². The highest BCUT2D eigenvalue weighted by Gasteiger charge is 2.08. The number of thiophene rings is 1. The molecule has 0 atom stereocenters. The average molecular weight is 261 g/mol. The number of nitrogens with one attached hydrogen (secondary N) is 1. The number of aromatic nitrogens is 2. The van der Waals surface area contributed by atoms with Crippen molar-refractivity contribution in [3.05, 3.63) is 28.8 Å². The van der Waals surface area contributed by atoms with Crippen LogP contribution in [-0.2, 0) is 6.42 Å². The quantitative estimate of drug-likeness (QED) is 0.887. The zero-order valence-electron chi connectivity index (χ0n) is 11.2. The lowest BCUT2D eigenvalue weighted by Crippen LogP contribution is -2.03. The molecule has 0 amide bonds. The molecule has 0 aliphatic heterocycles. The smallest absolute Gasteiger partial charge is 0.171 e. The number of anilines is 1. The molecular formula is C14H19N3S. The second-order valence-corrected chi connectivity index (χ2v) is 5.55. The molecule has 96 valence electrons. The predicted molar refractivity (Wildman–Crippen MR) is 78.2 cm³/mol. The second kappa shape index (κ2) is 5.96. The largest absolute Gasteiger partial charge is 0.370 e. The lowest BCUT2D eigenvalue weighted by Gasteiger charge is -2.07. The van der Waals surface area contributed by atoms with Crippen molar-refractivity contribution < 1.29 is 0 Å². The molecule has 0 bridgehead atoms. The molecule has 2 aromatic heterocycles. The second-order valence-electron chi connectivity index (χ2n) is 4.26. The Morgan fingerprint density at radius 2 is 2.06 bits per heavy atom. The molecule has 1 N–H and O–H groups in total. The van der Waals surface area contributed by atoms with Gasteiger partial charge in [0, 0.05) is 23.2 Å². The van der Waals surface area contributed by atoms with E-state index in [2.05, 4.69) is 54.3 Å². The fourth-order valence-corrected chi connectivity index (χ4v) is 2.62. The van der Waals surface area contributed by atoms with Gasteiger partial charge >= 0.3 is 0 Å². The van der Waals surface area contributed by atoms with E-state index in [1.54, 1.807) is 11.3 Å². The summed E-state index contributed by atoms with van der Waals surface area (Å²) in [6.07, 6.45) is 2.10. The molecule has 0 fully saturated rings. The van der Waals surface area contributed by atoms with Crippen molar-refractivity contribution in [3.63, 3.8) is 0 Å². The molecule has 2 aromatic rings. The van der Waals surface area contributed by atoms with Gasteiger partial charge in [0.2, 0.25) is 0 Å². The van der Waals surface area contributed by atoms with Gasteiger partial charge in [-0.05, 0) is 32.4 Å². The van der Waals surface area contributed by atoms with Crippen LogP contribution in [0.4, 0.5) is 5.82 Å². The molecular weight excluding hydrogens is 242 g/mol. The topological polar surface area (TPSA) is 37.8 Å². The number of rotatable bonds is 5. The van der Waals surface area contributed by atoms with Gasteiger partial charge in [0.05, 0.1) is 4.88 Å². The average Bonchev–Trinajstić information content (AvgIpc) is 2.76. The maximum absolute atomic E-state index is 4.65. The Labute approximate surface area is 112 Å². The molecule has 0 spiro atoms. The molecule has 0 unspecified atom stereocenters. The van der Waals surface area contributed by atoms with E-state index in [0.717, 1.165) is 41.6 Å². The van der Waals surface area contributed by atoms with Gasteiger partial charge in [-0.1, -0.05) is 13.3 Å². The predicted octanol–water partition coefficient (Wildman–Crippen LogP) is 3.90. The Morgan fingerprint density at radius 1 is 1.22 bits per heavy atom. The van der Waals surface area contributed by atoms with Crippen LogP contribution in [0.15, 0.2) is 18.2 Å². The highest BCUT2D eigenvalue weighted by molar-refractivity contribution is 7.15. The minimum atomic E-state index is 0.843. The van der Waals surface area contributed by atoms with Crippen molar-refractivity contribution in [1.82, 2.24) is 9.97 Å². The first-order valence-corrected chi connectivity index (χ1v) is 7.23. The molecule has 18 heavy (non-hydrogen) atoms. The van der Waals surface area contributed by atoms with Gasteiger partial charge in [0.25, 0.3) is 0 Å². The third-order valence-electron chi connectivity index (χ3n) is 2.60. The SMILES string of the molecule is CCCc1cc(NCC)nc(-c2ccc(C)s2)n1. The van der Waals surface area contributed by atoms with Gasteiger partial charge in [-0.2, -0.15) is 0 Å². The van der Waals surface area contributed by atoms with E-state index in [-0.39, 0.29) is 0 Å². The van der Waals surface area contributed by atoms with Crippen LogP contribution in [0, 0.1) is 6.92 Å². The monoisotopic (exact) mass is 261 g/mol. The highest BCUT2D eigenvalue weighted by atomic mass is 32.1. The molecule has 3 nitrogen and oxygen atoms in total. The van der Waals surface area contributed by atoms with Crippen molar-refractivity contribution >= 4 is 17.2 Å². The minimum absolute atomic E-state index is 0.843. The van der Waals surface area contributed by atoms with E-state index in [1.165, 1.54) is 4.88 Å². The van der Waals surface area contributed by atoms with Crippen LogP contribution in [0.3, 0.4) is 0 Å². The van der Waals surface area contributed by atoms with Gasteiger partial charge < -0.3 is 5.32 Å². The standard InChI is InChI=1S/C14H19N3S/c1-4-6-11-9-13(15-5-2)17-14(16-11)12-8-7-10(3)18-12/h7-9H,4-6H2,1-3H3,(H,15,16,17). The van der Waals surface area contributed by atoms with E-state index in [1.807, 2.05) is 0 Å². The summed E-state index contributed by atoms with van der Waals surface area (Å²) in [7, 11) is 0.